The van der Waals surface area contributed by atoms with Gasteiger partial charge in [-0.3, -0.25) is 9.97 Å². The molecule has 0 amide bonds. The smallest absolute Gasteiger partial charge is 0.0570 e. The second-order valence-electron chi connectivity index (χ2n) is 4.14. The molecule has 0 saturated heterocycles. The van der Waals surface area contributed by atoms with Crippen molar-refractivity contribution in [1.29, 1.82) is 0 Å². The van der Waals surface area contributed by atoms with Gasteiger partial charge in [-0.1, -0.05) is 13.0 Å². The summed E-state index contributed by atoms with van der Waals surface area (Å²) in [4.78, 5) is 8.42. The van der Waals surface area contributed by atoms with Crippen molar-refractivity contribution < 1.29 is 0 Å². The number of nitrogens with zero attached hydrogens (tertiary/aromatic N) is 2. The Morgan fingerprint density at radius 2 is 2.06 bits per heavy atom. The van der Waals surface area contributed by atoms with Crippen molar-refractivity contribution in [3.63, 3.8) is 0 Å². The van der Waals surface area contributed by atoms with Crippen molar-refractivity contribution in [2.75, 3.05) is 0 Å². The van der Waals surface area contributed by atoms with Gasteiger partial charge in [-0.2, -0.15) is 0 Å². The Bertz CT molecular complexity index is 491. The minimum atomic E-state index is -0.124. The molecule has 0 radical (unpaired) electrons. The Kier molecular flexibility index (Phi) is 3.49. The molecule has 17 heavy (non-hydrogen) atoms. The van der Waals surface area contributed by atoms with Crippen molar-refractivity contribution >= 4 is 0 Å². The molecule has 2 N–H and O–H groups in total. The molecule has 0 saturated carbocycles. The second-order valence-corrected chi connectivity index (χ2v) is 4.14. The van der Waals surface area contributed by atoms with Crippen LogP contribution in [0.5, 0.6) is 0 Å². The maximum atomic E-state index is 6.27. The van der Waals surface area contributed by atoms with E-state index >= 15 is 0 Å². The zero-order chi connectivity index (χ0) is 12.3. The third-order valence-electron chi connectivity index (χ3n) is 2.95. The Labute approximate surface area is 102 Å². The van der Waals surface area contributed by atoms with Crippen molar-refractivity contribution in [1.82, 2.24) is 9.97 Å². The topological polar surface area (TPSA) is 51.8 Å². The molecule has 0 aromatic carbocycles. The van der Waals surface area contributed by atoms with Crippen LogP contribution in [0.3, 0.4) is 0 Å². The lowest BCUT2D eigenvalue weighted by Crippen LogP contribution is -2.14. The summed E-state index contributed by atoms with van der Waals surface area (Å²) in [6.07, 6.45) is 6.46. The van der Waals surface area contributed by atoms with Gasteiger partial charge in [0.05, 0.1) is 6.04 Å². The Hall–Kier alpha value is -1.74. The first-order valence-corrected chi connectivity index (χ1v) is 5.83. The van der Waals surface area contributed by atoms with Crippen LogP contribution >= 0.6 is 0 Å². The van der Waals surface area contributed by atoms with Gasteiger partial charge in [-0.25, -0.2) is 0 Å². The van der Waals surface area contributed by atoms with Gasteiger partial charge in [0, 0.05) is 24.3 Å². The fourth-order valence-corrected chi connectivity index (χ4v) is 1.88. The van der Waals surface area contributed by atoms with Crippen LogP contribution in [-0.2, 0) is 6.42 Å². The first-order chi connectivity index (χ1) is 8.22. The van der Waals surface area contributed by atoms with E-state index in [1.807, 2.05) is 37.5 Å². The van der Waals surface area contributed by atoms with Crippen molar-refractivity contribution in [2.45, 2.75) is 26.3 Å². The van der Waals surface area contributed by atoms with Gasteiger partial charge in [0.25, 0.3) is 0 Å². The molecule has 2 rings (SSSR count). The standard InChI is InChI=1S/C14H17N3/c1-3-11-8-16-7-6-13(11)14(15)12-5-4-10(2)17-9-12/h4-9,14H,3,15H2,1-2H3. The van der Waals surface area contributed by atoms with E-state index in [0.717, 1.165) is 23.2 Å². The summed E-state index contributed by atoms with van der Waals surface area (Å²) in [6.45, 7) is 4.08. The molecule has 3 nitrogen and oxygen atoms in total. The summed E-state index contributed by atoms with van der Waals surface area (Å²) in [5.41, 5.74) is 10.6. The van der Waals surface area contributed by atoms with Crippen LogP contribution in [0.15, 0.2) is 36.8 Å². The third-order valence-corrected chi connectivity index (χ3v) is 2.95. The van der Waals surface area contributed by atoms with Crippen molar-refractivity contribution in [2.24, 2.45) is 5.73 Å². The zero-order valence-corrected chi connectivity index (χ0v) is 10.2. The molecular formula is C14H17N3. The van der Waals surface area contributed by atoms with Gasteiger partial charge >= 0.3 is 0 Å². The highest BCUT2D eigenvalue weighted by Gasteiger charge is 2.12. The summed E-state index contributed by atoms with van der Waals surface area (Å²) in [5.74, 6) is 0. The number of pyridine rings is 2. The summed E-state index contributed by atoms with van der Waals surface area (Å²) in [7, 11) is 0. The average Bonchev–Trinajstić information content (AvgIpc) is 2.39. The van der Waals surface area contributed by atoms with E-state index in [2.05, 4.69) is 16.9 Å². The van der Waals surface area contributed by atoms with Gasteiger partial charge in [-0.05, 0) is 42.2 Å². The maximum Gasteiger partial charge on any atom is 0.0570 e. The quantitative estimate of drug-likeness (QED) is 0.876. The largest absolute Gasteiger partial charge is 0.320 e. The minimum Gasteiger partial charge on any atom is -0.320 e. The molecular weight excluding hydrogens is 210 g/mol. The lowest BCUT2D eigenvalue weighted by molar-refractivity contribution is 0.835. The number of rotatable bonds is 3. The average molecular weight is 227 g/mol. The second kappa shape index (κ2) is 5.06. The number of aryl methyl sites for hydroxylation is 2. The SMILES string of the molecule is CCc1cnccc1C(N)c1ccc(C)nc1. The van der Waals surface area contributed by atoms with E-state index in [4.69, 9.17) is 5.73 Å². The van der Waals surface area contributed by atoms with Crippen LogP contribution in [0.1, 0.15) is 35.3 Å². The van der Waals surface area contributed by atoms with E-state index in [1.165, 1.54) is 5.56 Å². The number of nitrogens with two attached hydrogens (primary N) is 1. The van der Waals surface area contributed by atoms with Gasteiger partial charge < -0.3 is 5.73 Å². The number of aromatic nitrogens is 2. The van der Waals surface area contributed by atoms with Crippen LogP contribution < -0.4 is 5.73 Å². The molecule has 0 aliphatic carbocycles. The molecule has 2 aromatic rings. The van der Waals surface area contributed by atoms with Crippen LogP contribution in [0, 0.1) is 6.92 Å². The summed E-state index contributed by atoms with van der Waals surface area (Å²) in [5, 5.41) is 0. The predicted octanol–water partition coefficient (Wildman–Crippen LogP) is 2.40. The van der Waals surface area contributed by atoms with E-state index in [0.29, 0.717) is 0 Å². The normalized spacial score (nSPS) is 12.4. The first kappa shape index (κ1) is 11.7. The summed E-state index contributed by atoms with van der Waals surface area (Å²) < 4.78 is 0. The number of hydrogen-bond acceptors (Lipinski definition) is 3. The van der Waals surface area contributed by atoms with Gasteiger partial charge in [-0.15, -0.1) is 0 Å². The molecule has 0 spiro atoms. The summed E-state index contributed by atoms with van der Waals surface area (Å²) in [6, 6.07) is 5.89. The fourth-order valence-electron chi connectivity index (χ4n) is 1.88. The van der Waals surface area contributed by atoms with Crippen LogP contribution in [0.25, 0.3) is 0 Å². The molecule has 0 aliphatic rings. The van der Waals surface area contributed by atoms with Crippen LogP contribution in [0.4, 0.5) is 0 Å². The van der Waals surface area contributed by atoms with Gasteiger partial charge in [0.2, 0.25) is 0 Å². The lowest BCUT2D eigenvalue weighted by Gasteiger charge is -2.15. The molecule has 88 valence electrons. The molecule has 2 aromatic heterocycles. The molecule has 2 heterocycles. The Morgan fingerprint density at radius 1 is 1.24 bits per heavy atom. The molecule has 0 aliphatic heterocycles. The highest BCUT2D eigenvalue weighted by atomic mass is 14.7. The molecule has 1 unspecified atom stereocenters. The molecule has 3 heteroatoms. The molecule has 1 atom stereocenters. The summed E-state index contributed by atoms with van der Waals surface area (Å²) >= 11 is 0. The monoisotopic (exact) mass is 227 g/mol. The minimum absolute atomic E-state index is 0.124. The van der Waals surface area contributed by atoms with Crippen molar-refractivity contribution in [3.05, 3.63) is 59.2 Å². The molecule has 0 bridgehead atoms. The first-order valence-electron chi connectivity index (χ1n) is 5.83. The van der Waals surface area contributed by atoms with Crippen molar-refractivity contribution in [3.8, 4) is 0 Å². The number of hydrogen-bond donors (Lipinski definition) is 1. The zero-order valence-electron chi connectivity index (χ0n) is 10.2. The Morgan fingerprint density at radius 3 is 2.71 bits per heavy atom. The van der Waals surface area contributed by atoms with Crippen LogP contribution in [-0.4, -0.2) is 9.97 Å². The lowest BCUT2D eigenvalue weighted by atomic mass is 9.96. The van der Waals surface area contributed by atoms with Gasteiger partial charge in [0.1, 0.15) is 0 Å². The highest BCUT2D eigenvalue weighted by molar-refractivity contribution is 5.34. The van der Waals surface area contributed by atoms with E-state index in [-0.39, 0.29) is 6.04 Å². The van der Waals surface area contributed by atoms with E-state index in [9.17, 15) is 0 Å². The fraction of sp³-hybridized carbons (Fsp3) is 0.286. The van der Waals surface area contributed by atoms with Crippen LogP contribution in [0.2, 0.25) is 0 Å². The predicted molar refractivity (Wildman–Crippen MR) is 68.6 cm³/mol. The Balaban J connectivity index is 2.36. The highest BCUT2D eigenvalue weighted by Crippen LogP contribution is 2.22. The molecule has 0 fully saturated rings. The maximum absolute atomic E-state index is 6.27. The van der Waals surface area contributed by atoms with Gasteiger partial charge in [0.15, 0.2) is 0 Å². The third kappa shape index (κ3) is 2.50. The van der Waals surface area contributed by atoms with E-state index < -0.39 is 0 Å². The van der Waals surface area contributed by atoms with E-state index in [1.54, 1.807) is 6.20 Å².